The molecule has 1 aliphatic heterocycles. The van der Waals surface area contributed by atoms with Gasteiger partial charge in [-0.3, -0.25) is 9.59 Å². The Morgan fingerprint density at radius 2 is 1.96 bits per heavy atom. The Kier molecular flexibility index (Phi) is 7.64. The monoisotopic (exact) mass is 376 g/mol. The normalized spacial score (nSPS) is 18.0. The molecule has 7 heteroatoms. The number of rotatable bonds is 8. The first kappa shape index (κ1) is 20.7. The van der Waals surface area contributed by atoms with E-state index in [0.717, 1.165) is 12.2 Å². The highest BCUT2D eigenvalue weighted by molar-refractivity contribution is 5.86. The van der Waals surface area contributed by atoms with Crippen molar-refractivity contribution >= 4 is 17.8 Å². The van der Waals surface area contributed by atoms with Crippen molar-refractivity contribution in [1.82, 2.24) is 10.2 Å². The highest BCUT2D eigenvalue weighted by Gasteiger charge is 2.31. The Morgan fingerprint density at radius 1 is 1.26 bits per heavy atom. The minimum Gasteiger partial charge on any atom is -0.493 e. The third kappa shape index (κ3) is 6.27. The maximum Gasteiger partial charge on any atom is 0.326 e. The summed E-state index contributed by atoms with van der Waals surface area (Å²) in [6.07, 6.45) is 1.62. The molecule has 1 fully saturated rings. The van der Waals surface area contributed by atoms with E-state index < -0.39 is 12.0 Å². The van der Waals surface area contributed by atoms with Gasteiger partial charge in [-0.25, -0.2) is 4.79 Å². The Balaban J connectivity index is 1.82. The molecule has 1 aromatic rings. The molecular formula is C20H28N2O5. The van der Waals surface area contributed by atoms with Crippen molar-refractivity contribution in [1.29, 1.82) is 0 Å². The van der Waals surface area contributed by atoms with Crippen molar-refractivity contribution in [2.24, 2.45) is 11.8 Å². The van der Waals surface area contributed by atoms with E-state index >= 15 is 0 Å². The number of carbonyl (C=O) groups is 3. The van der Waals surface area contributed by atoms with E-state index in [4.69, 9.17) is 4.74 Å². The molecule has 0 aliphatic carbocycles. The second kappa shape index (κ2) is 9.94. The van der Waals surface area contributed by atoms with Crippen molar-refractivity contribution in [3.05, 3.63) is 30.3 Å². The molecule has 2 atom stereocenters. The van der Waals surface area contributed by atoms with E-state index in [1.807, 2.05) is 30.3 Å². The van der Waals surface area contributed by atoms with Crippen LogP contribution in [0.5, 0.6) is 5.75 Å². The second-order valence-electron chi connectivity index (χ2n) is 7.16. The molecule has 1 saturated heterocycles. The Bertz CT molecular complexity index is 647. The third-order valence-electron chi connectivity index (χ3n) is 4.70. The summed E-state index contributed by atoms with van der Waals surface area (Å²) < 4.78 is 5.56. The van der Waals surface area contributed by atoms with Gasteiger partial charge in [-0.15, -0.1) is 0 Å². The molecule has 1 heterocycles. The molecule has 2 unspecified atom stereocenters. The van der Waals surface area contributed by atoms with E-state index in [-0.39, 0.29) is 36.7 Å². The van der Waals surface area contributed by atoms with Crippen LogP contribution >= 0.6 is 0 Å². The average Bonchev–Trinajstić information content (AvgIpc) is 2.66. The molecule has 2 N–H and O–H groups in total. The number of aliphatic carboxylic acids is 1. The van der Waals surface area contributed by atoms with Gasteiger partial charge in [-0.05, 0) is 30.9 Å². The summed E-state index contributed by atoms with van der Waals surface area (Å²) in [5.41, 5.74) is 0. The molecule has 0 spiro atoms. The molecular weight excluding hydrogens is 348 g/mol. The van der Waals surface area contributed by atoms with Crippen LogP contribution in [-0.2, 0) is 14.4 Å². The summed E-state index contributed by atoms with van der Waals surface area (Å²) >= 11 is 0. The first-order valence-electron chi connectivity index (χ1n) is 9.37. The number of para-hydroxylation sites is 1. The number of carboxylic acid groups (broad SMARTS) is 1. The van der Waals surface area contributed by atoms with Crippen molar-refractivity contribution < 1.29 is 24.2 Å². The van der Waals surface area contributed by atoms with Crippen molar-refractivity contribution in [3.63, 3.8) is 0 Å². The molecule has 0 radical (unpaired) electrons. The van der Waals surface area contributed by atoms with Crippen LogP contribution in [0.3, 0.4) is 0 Å². The van der Waals surface area contributed by atoms with E-state index in [1.54, 1.807) is 18.7 Å². The fraction of sp³-hybridized carbons (Fsp3) is 0.550. The highest BCUT2D eigenvalue weighted by atomic mass is 16.5. The van der Waals surface area contributed by atoms with Gasteiger partial charge in [0.05, 0.1) is 18.9 Å². The zero-order valence-electron chi connectivity index (χ0n) is 15.9. The number of carbonyl (C=O) groups excluding carboxylic acids is 2. The Morgan fingerprint density at radius 3 is 2.59 bits per heavy atom. The molecule has 7 nitrogen and oxygen atoms in total. The Hall–Kier alpha value is -2.57. The molecule has 27 heavy (non-hydrogen) atoms. The van der Waals surface area contributed by atoms with Gasteiger partial charge in [-0.2, -0.15) is 0 Å². The number of nitrogens with one attached hydrogen (secondary N) is 1. The van der Waals surface area contributed by atoms with Crippen LogP contribution in [0.25, 0.3) is 0 Å². The topological polar surface area (TPSA) is 95.9 Å². The van der Waals surface area contributed by atoms with Crippen molar-refractivity contribution in [2.45, 2.75) is 39.2 Å². The maximum atomic E-state index is 12.4. The van der Waals surface area contributed by atoms with Crippen LogP contribution in [0.15, 0.2) is 30.3 Å². The smallest absolute Gasteiger partial charge is 0.326 e. The average molecular weight is 376 g/mol. The van der Waals surface area contributed by atoms with Crippen LogP contribution in [0.1, 0.15) is 33.1 Å². The lowest BCUT2D eigenvalue weighted by molar-refractivity contribution is -0.145. The molecule has 1 aliphatic rings. The number of nitrogens with zero attached hydrogens (tertiary/aromatic N) is 1. The summed E-state index contributed by atoms with van der Waals surface area (Å²) in [6.45, 7) is 4.72. The van der Waals surface area contributed by atoms with E-state index in [0.29, 0.717) is 19.5 Å². The predicted molar refractivity (Wildman–Crippen MR) is 100 cm³/mol. The highest BCUT2D eigenvalue weighted by Crippen LogP contribution is 2.18. The summed E-state index contributed by atoms with van der Waals surface area (Å²) in [4.78, 5) is 37.8. The van der Waals surface area contributed by atoms with Gasteiger partial charge in [0.1, 0.15) is 11.8 Å². The number of amides is 2. The maximum absolute atomic E-state index is 12.4. The van der Waals surface area contributed by atoms with E-state index in [1.165, 1.54) is 0 Å². The lowest BCUT2D eigenvalue weighted by Gasteiger charge is -2.33. The fourth-order valence-electron chi connectivity index (χ4n) is 3.13. The number of hydrogen-bond acceptors (Lipinski definition) is 4. The van der Waals surface area contributed by atoms with Gasteiger partial charge in [0.25, 0.3) is 0 Å². The SMILES string of the molecule is CC(C)C(NC(=O)C1CCCN(C(=O)CCOc2ccccc2)C1)C(=O)O. The number of likely N-dealkylation sites (tertiary alicyclic amines) is 1. The molecule has 1 aromatic carbocycles. The second-order valence-corrected chi connectivity index (χ2v) is 7.16. The number of carboxylic acids is 1. The van der Waals surface area contributed by atoms with Gasteiger partial charge >= 0.3 is 5.97 Å². The summed E-state index contributed by atoms with van der Waals surface area (Å²) in [5, 5.41) is 11.8. The molecule has 2 rings (SSSR count). The Labute approximate surface area is 159 Å². The van der Waals surface area contributed by atoms with Gasteiger partial charge in [-0.1, -0.05) is 32.0 Å². The molecule has 2 amide bonds. The lowest BCUT2D eigenvalue weighted by Crippen LogP contribution is -2.51. The quantitative estimate of drug-likeness (QED) is 0.723. The number of ether oxygens (including phenoxy) is 1. The van der Waals surface area contributed by atoms with E-state index in [2.05, 4.69) is 5.32 Å². The van der Waals surface area contributed by atoms with Gasteiger partial charge in [0.2, 0.25) is 11.8 Å². The molecule has 0 aromatic heterocycles. The zero-order valence-corrected chi connectivity index (χ0v) is 15.9. The third-order valence-corrected chi connectivity index (χ3v) is 4.70. The van der Waals surface area contributed by atoms with Gasteiger partial charge in [0.15, 0.2) is 0 Å². The predicted octanol–water partition coefficient (Wildman–Crippen LogP) is 1.92. The lowest BCUT2D eigenvalue weighted by atomic mass is 9.95. The summed E-state index contributed by atoms with van der Waals surface area (Å²) in [5.74, 6) is -1.26. The van der Waals surface area contributed by atoms with Crippen molar-refractivity contribution in [3.8, 4) is 5.75 Å². The summed E-state index contributed by atoms with van der Waals surface area (Å²) in [7, 11) is 0. The minimum absolute atomic E-state index is 0.0536. The largest absolute Gasteiger partial charge is 0.493 e. The van der Waals surface area contributed by atoms with Crippen LogP contribution in [0.4, 0.5) is 0 Å². The molecule has 148 valence electrons. The van der Waals surface area contributed by atoms with Gasteiger partial charge in [0, 0.05) is 13.1 Å². The number of piperidine rings is 1. The first-order valence-corrected chi connectivity index (χ1v) is 9.37. The van der Waals surface area contributed by atoms with Crippen LogP contribution in [0, 0.1) is 11.8 Å². The summed E-state index contributed by atoms with van der Waals surface area (Å²) in [6, 6.07) is 8.38. The van der Waals surface area contributed by atoms with Crippen LogP contribution in [-0.4, -0.2) is 53.5 Å². The van der Waals surface area contributed by atoms with E-state index in [9.17, 15) is 19.5 Å². The molecule has 0 saturated carbocycles. The number of benzene rings is 1. The first-order chi connectivity index (χ1) is 12.9. The van der Waals surface area contributed by atoms with Gasteiger partial charge < -0.3 is 20.1 Å². The fourth-order valence-corrected chi connectivity index (χ4v) is 3.13. The standard InChI is InChI=1S/C20H28N2O5/c1-14(2)18(20(25)26)21-19(24)15-7-6-11-22(13-15)17(23)10-12-27-16-8-4-3-5-9-16/h3-5,8-9,14-15,18H,6-7,10-13H2,1-2H3,(H,21,24)(H,25,26). The van der Waals surface area contributed by atoms with Crippen LogP contribution in [0.2, 0.25) is 0 Å². The molecule has 0 bridgehead atoms. The number of hydrogen-bond donors (Lipinski definition) is 2. The van der Waals surface area contributed by atoms with Crippen LogP contribution < -0.4 is 10.1 Å². The zero-order chi connectivity index (χ0) is 19.8. The minimum atomic E-state index is -1.04. The van der Waals surface area contributed by atoms with Crippen molar-refractivity contribution in [2.75, 3.05) is 19.7 Å².